The third-order valence-corrected chi connectivity index (χ3v) is 4.97. The van der Waals surface area contributed by atoms with Crippen molar-refractivity contribution < 1.29 is 0 Å². The van der Waals surface area contributed by atoms with Crippen LogP contribution in [0.2, 0.25) is 0 Å². The average Bonchev–Trinajstić information content (AvgIpc) is 3.01. The van der Waals surface area contributed by atoms with Gasteiger partial charge < -0.3 is 10.2 Å². The summed E-state index contributed by atoms with van der Waals surface area (Å²) < 4.78 is 2.15. The lowest BCUT2D eigenvalue weighted by molar-refractivity contribution is 0.949. The molecular formula is C17H18Br2N2. The van der Waals surface area contributed by atoms with Crippen LogP contribution in [-0.4, -0.2) is 13.1 Å². The molecule has 1 aliphatic rings. The van der Waals surface area contributed by atoms with Crippen LogP contribution in [0.15, 0.2) is 51.4 Å². The number of nitrogens with zero attached hydrogens (tertiary/aromatic N) is 1. The van der Waals surface area contributed by atoms with Crippen LogP contribution in [0.3, 0.4) is 0 Å². The van der Waals surface area contributed by atoms with E-state index in [-0.39, 0.29) is 0 Å². The zero-order chi connectivity index (χ0) is 14.7. The Labute approximate surface area is 142 Å². The molecule has 1 aliphatic heterocycles. The van der Waals surface area contributed by atoms with E-state index < -0.39 is 0 Å². The maximum Gasteiger partial charge on any atom is 0.0488 e. The number of nitrogens with one attached hydrogen (secondary N) is 1. The van der Waals surface area contributed by atoms with Gasteiger partial charge in [-0.1, -0.05) is 28.1 Å². The molecule has 1 saturated heterocycles. The highest BCUT2D eigenvalue weighted by Gasteiger charge is 2.11. The molecule has 110 valence electrons. The molecule has 3 rings (SSSR count). The molecule has 0 aliphatic carbocycles. The first-order valence-electron chi connectivity index (χ1n) is 7.25. The monoisotopic (exact) mass is 408 g/mol. The largest absolute Gasteiger partial charge is 0.380 e. The van der Waals surface area contributed by atoms with Gasteiger partial charge in [-0.15, -0.1) is 0 Å². The third-order valence-electron chi connectivity index (χ3n) is 3.82. The van der Waals surface area contributed by atoms with Crippen LogP contribution < -0.4 is 10.2 Å². The minimum absolute atomic E-state index is 0.834. The van der Waals surface area contributed by atoms with E-state index in [1.165, 1.54) is 37.2 Å². The molecule has 0 saturated carbocycles. The average molecular weight is 410 g/mol. The summed E-state index contributed by atoms with van der Waals surface area (Å²) in [4.78, 5) is 2.46. The summed E-state index contributed by atoms with van der Waals surface area (Å²) in [6.07, 6.45) is 2.64. The summed E-state index contributed by atoms with van der Waals surface area (Å²) in [6.45, 7) is 3.23. The van der Waals surface area contributed by atoms with Gasteiger partial charge in [0, 0.05) is 40.0 Å². The maximum absolute atomic E-state index is 3.58. The van der Waals surface area contributed by atoms with Crippen molar-refractivity contribution in [2.24, 2.45) is 0 Å². The fourth-order valence-electron chi connectivity index (χ4n) is 2.63. The minimum Gasteiger partial charge on any atom is -0.380 e. The van der Waals surface area contributed by atoms with Gasteiger partial charge in [0.15, 0.2) is 0 Å². The molecule has 0 atom stereocenters. The number of rotatable bonds is 4. The van der Waals surface area contributed by atoms with E-state index in [2.05, 4.69) is 78.5 Å². The minimum atomic E-state index is 0.834. The second kappa shape index (κ2) is 6.84. The Morgan fingerprint density at radius 1 is 0.952 bits per heavy atom. The Morgan fingerprint density at radius 3 is 2.33 bits per heavy atom. The first-order chi connectivity index (χ1) is 10.2. The first kappa shape index (κ1) is 14.9. The lowest BCUT2D eigenvalue weighted by Crippen LogP contribution is -2.17. The van der Waals surface area contributed by atoms with Gasteiger partial charge in [-0.3, -0.25) is 0 Å². The van der Waals surface area contributed by atoms with Crippen molar-refractivity contribution in [2.45, 2.75) is 19.4 Å². The summed E-state index contributed by atoms with van der Waals surface area (Å²) >= 11 is 7.05. The van der Waals surface area contributed by atoms with Crippen LogP contribution in [-0.2, 0) is 6.54 Å². The lowest BCUT2D eigenvalue weighted by Gasteiger charge is -2.18. The molecule has 1 N–H and O–H groups in total. The number of halogens is 2. The van der Waals surface area contributed by atoms with E-state index in [1.54, 1.807) is 0 Å². The Bertz CT molecular complexity index is 605. The SMILES string of the molecule is Brc1ccc(NCc2ccc(N3CCCC3)cc2)c(Br)c1. The number of anilines is 2. The molecule has 1 heterocycles. The third kappa shape index (κ3) is 3.80. The number of hydrogen-bond acceptors (Lipinski definition) is 2. The van der Waals surface area contributed by atoms with Crippen molar-refractivity contribution in [3.8, 4) is 0 Å². The molecule has 0 radical (unpaired) electrons. The molecule has 0 spiro atoms. The van der Waals surface area contributed by atoms with Gasteiger partial charge in [-0.25, -0.2) is 0 Å². The topological polar surface area (TPSA) is 15.3 Å². The summed E-state index contributed by atoms with van der Waals surface area (Å²) in [5, 5.41) is 3.46. The molecule has 2 nitrogen and oxygen atoms in total. The van der Waals surface area contributed by atoms with E-state index in [1.807, 2.05) is 6.07 Å². The standard InChI is InChI=1S/C17H18Br2N2/c18-14-5-8-17(16(19)11-14)20-12-13-3-6-15(7-4-13)21-9-1-2-10-21/h3-8,11,20H,1-2,9-10,12H2. The predicted molar refractivity (Wildman–Crippen MR) is 97.1 cm³/mol. The maximum atomic E-state index is 3.58. The first-order valence-corrected chi connectivity index (χ1v) is 8.84. The zero-order valence-electron chi connectivity index (χ0n) is 11.8. The van der Waals surface area contributed by atoms with Gasteiger partial charge in [0.05, 0.1) is 0 Å². The number of benzene rings is 2. The highest BCUT2D eigenvalue weighted by Crippen LogP contribution is 2.27. The smallest absolute Gasteiger partial charge is 0.0488 e. The van der Waals surface area contributed by atoms with Gasteiger partial charge >= 0.3 is 0 Å². The fourth-order valence-corrected chi connectivity index (χ4v) is 3.82. The fraction of sp³-hybridized carbons (Fsp3) is 0.294. The van der Waals surface area contributed by atoms with Crippen molar-refractivity contribution in [1.82, 2.24) is 0 Å². The van der Waals surface area contributed by atoms with Crippen LogP contribution >= 0.6 is 31.9 Å². The molecule has 21 heavy (non-hydrogen) atoms. The van der Waals surface area contributed by atoms with E-state index in [0.717, 1.165) is 21.2 Å². The summed E-state index contributed by atoms with van der Waals surface area (Å²) in [5.41, 5.74) is 3.76. The van der Waals surface area contributed by atoms with Crippen LogP contribution in [0.5, 0.6) is 0 Å². The second-order valence-electron chi connectivity index (χ2n) is 5.34. The molecule has 0 amide bonds. The van der Waals surface area contributed by atoms with Gasteiger partial charge in [0.1, 0.15) is 0 Å². The van der Waals surface area contributed by atoms with Crippen molar-refractivity contribution in [3.05, 3.63) is 57.0 Å². The lowest BCUT2D eigenvalue weighted by atomic mass is 10.2. The summed E-state index contributed by atoms with van der Waals surface area (Å²) in [7, 11) is 0. The van der Waals surface area contributed by atoms with E-state index in [9.17, 15) is 0 Å². The van der Waals surface area contributed by atoms with Crippen molar-refractivity contribution in [3.63, 3.8) is 0 Å². The van der Waals surface area contributed by atoms with Crippen LogP contribution in [0.1, 0.15) is 18.4 Å². The van der Waals surface area contributed by atoms with Gasteiger partial charge in [-0.2, -0.15) is 0 Å². The van der Waals surface area contributed by atoms with Gasteiger partial charge in [0.25, 0.3) is 0 Å². The van der Waals surface area contributed by atoms with Crippen molar-refractivity contribution in [2.75, 3.05) is 23.3 Å². The molecule has 2 aromatic carbocycles. The highest BCUT2D eigenvalue weighted by atomic mass is 79.9. The second-order valence-corrected chi connectivity index (χ2v) is 7.11. The molecule has 0 bridgehead atoms. The Morgan fingerprint density at radius 2 is 1.67 bits per heavy atom. The van der Waals surface area contributed by atoms with Gasteiger partial charge in [0.2, 0.25) is 0 Å². The molecule has 0 unspecified atom stereocenters. The zero-order valence-corrected chi connectivity index (χ0v) is 15.0. The molecule has 0 aromatic heterocycles. The Balaban J connectivity index is 1.62. The predicted octanol–water partition coefficient (Wildman–Crippen LogP) is 5.42. The van der Waals surface area contributed by atoms with Crippen molar-refractivity contribution >= 4 is 43.2 Å². The van der Waals surface area contributed by atoms with E-state index >= 15 is 0 Å². The Hall–Kier alpha value is -1.000. The molecular weight excluding hydrogens is 392 g/mol. The highest BCUT2D eigenvalue weighted by molar-refractivity contribution is 9.11. The van der Waals surface area contributed by atoms with Gasteiger partial charge in [-0.05, 0) is 64.7 Å². The Kier molecular flexibility index (Phi) is 4.86. The number of hydrogen-bond donors (Lipinski definition) is 1. The summed E-state index contributed by atoms with van der Waals surface area (Å²) in [6, 6.07) is 15.1. The van der Waals surface area contributed by atoms with Crippen molar-refractivity contribution in [1.29, 1.82) is 0 Å². The van der Waals surface area contributed by atoms with Crippen LogP contribution in [0, 0.1) is 0 Å². The molecule has 2 aromatic rings. The molecule has 4 heteroatoms. The van der Waals surface area contributed by atoms with E-state index in [4.69, 9.17) is 0 Å². The van der Waals surface area contributed by atoms with E-state index in [0.29, 0.717) is 0 Å². The van der Waals surface area contributed by atoms with Crippen LogP contribution in [0.4, 0.5) is 11.4 Å². The van der Waals surface area contributed by atoms with Crippen LogP contribution in [0.25, 0.3) is 0 Å². The summed E-state index contributed by atoms with van der Waals surface area (Å²) in [5.74, 6) is 0. The quantitative estimate of drug-likeness (QED) is 0.724. The molecule has 1 fully saturated rings. The normalized spacial score (nSPS) is 14.5.